The maximum atomic E-state index is 11.7. The second-order valence-electron chi connectivity index (χ2n) is 3.35. The molecule has 0 N–H and O–H groups in total. The molecule has 1 heterocycles. The molecule has 0 aliphatic carbocycles. The van der Waals surface area contributed by atoms with Gasteiger partial charge in [-0.3, -0.25) is 4.79 Å². The normalized spacial score (nSPS) is 10.0. The van der Waals surface area contributed by atoms with E-state index >= 15 is 0 Å². The maximum Gasteiger partial charge on any atom is 0.228 e. The number of hydrogen-bond donors (Lipinski definition) is 0. The number of carboxylic acid groups (broad SMARTS) is 1. The number of rotatable bonds is 5. The third-order valence-electron chi connectivity index (χ3n) is 2.06. The number of ether oxygens (including phenoxy) is 1. The molecule has 1 aromatic carbocycles. The fourth-order valence-corrected chi connectivity index (χ4v) is 1.94. The fourth-order valence-electron chi connectivity index (χ4n) is 1.22. The summed E-state index contributed by atoms with van der Waals surface area (Å²) in [6, 6.07) is 8.86. The van der Waals surface area contributed by atoms with Crippen LogP contribution in [0.1, 0.15) is 20.3 Å². The largest absolute Gasteiger partial charge is 0.543 e. The van der Waals surface area contributed by atoms with Gasteiger partial charge >= 0.3 is 0 Å². The lowest BCUT2D eigenvalue weighted by Gasteiger charge is -2.03. The molecule has 0 atom stereocenters. The van der Waals surface area contributed by atoms with E-state index in [9.17, 15) is 14.7 Å². The number of carbonyl (C=O) groups excluding carboxylic acids is 2. The first-order valence-corrected chi connectivity index (χ1v) is 5.92. The van der Waals surface area contributed by atoms with Crippen molar-refractivity contribution in [3.05, 3.63) is 46.4 Å². The van der Waals surface area contributed by atoms with Crippen LogP contribution < -0.4 is 9.84 Å². The Morgan fingerprint density at radius 3 is 2.61 bits per heavy atom. The van der Waals surface area contributed by atoms with Gasteiger partial charge in [0.05, 0.1) is 11.7 Å². The van der Waals surface area contributed by atoms with E-state index in [1.165, 1.54) is 5.38 Å². The average Bonchev–Trinajstić information content (AvgIpc) is 2.87. The van der Waals surface area contributed by atoms with Gasteiger partial charge in [0.1, 0.15) is 5.75 Å². The molecule has 0 saturated carbocycles. The molecular formula is C12H8NO4S-. The summed E-state index contributed by atoms with van der Waals surface area (Å²) < 4.78 is 5.25. The van der Waals surface area contributed by atoms with Crippen LogP contribution in [0.2, 0.25) is 0 Å². The Morgan fingerprint density at radius 2 is 2.00 bits per heavy atom. The van der Waals surface area contributed by atoms with Crippen molar-refractivity contribution in [2.24, 2.45) is 0 Å². The van der Waals surface area contributed by atoms with Crippen molar-refractivity contribution in [3.63, 3.8) is 0 Å². The zero-order chi connectivity index (χ0) is 13.0. The van der Waals surface area contributed by atoms with E-state index in [1.807, 2.05) is 6.07 Å². The zero-order valence-corrected chi connectivity index (χ0v) is 9.98. The zero-order valence-electron chi connectivity index (χ0n) is 9.16. The standard InChI is InChI=1S/C12H9NO4S/c14-10(6-17-8-4-2-1-3-5-8)11-13-9(7-18-11)12(15)16/h1-5,7H,6H2,(H,15,16)/p-1. The topological polar surface area (TPSA) is 79.3 Å². The fraction of sp³-hybridized carbons (Fsp3) is 0.0833. The van der Waals surface area contributed by atoms with Crippen molar-refractivity contribution in [3.8, 4) is 5.75 Å². The van der Waals surface area contributed by atoms with Crippen LogP contribution in [0.3, 0.4) is 0 Å². The average molecular weight is 262 g/mol. The third kappa shape index (κ3) is 2.92. The molecule has 6 heteroatoms. The van der Waals surface area contributed by atoms with Crippen molar-refractivity contribution < 1.29 is 19.4 Å². The Labute approximate surface area is 107 Å². The van der Waals surface area contributed by atoms with Crippen LogP contribution >= 0.6 is 11.3 Å². The van der Waals surface area contributed by atoms with Crippen LogP contribution in [-0.4, -0.2) is 23.3 Å². The lowest BCUT2D eigenvalue weighted by atomic mass is 10.3. The van der Waals surface area contributed by atoms with E-state index in [1.54, 1.807) is 24.3 Å². The Balaban J connectivity index is 1.97. The molecule has 0 spiro atoms. The van der Waals surface area contributed by atoms with Gasteiger partial charge in [0.15, 0.2) is 11.6 Å². The number of benzene rings is 1. The highest BCUT2D eigenvalue weighted by Crippen LogP contribution is 2.12. The van der Waals surface area contributed by atoms with Gasteiger partial charge in [-0.15, -0.1) is 11.3 Å². The number of para-hydroxylation sites is 1. The lowest BCUT2D eigenvalue weighted by molar-refractivity contribution is -0.255. The number of hydrogen-bond acceptors (Lipinski definition) is 6. The van der Waals surface area contributed by atoms with E-state index in [4.69, 9.17) is 4.74 Å². The summed E-state index contributed by atoms with van der Waals surface area (Å²) in [6.07, 6.45) is 0. The smallest absolute Gasteiger partial charge is 0.228 e. The van der Waals surface area contributed by atoms with Crippen LogP contribution in [0.4, 0.5) is 0 Å². The molecule has 0 bridgehead atoms. The summed E-state index contributed by atoms with van der Waals surface area (Å²) in [5, 5.41) is 11.9. The van der Waals surface area contributed by atoms with E-state index in [0.717, 1.165) is 11.3 Å². The summed E-state index contributed by atoms with van der Waals surface area (Å²) in [5.74, 6) is -1.19. The van der Waals surface area contributed by atoms with E-state index in [-0.39, 0.29) is 23.1 Å². The van der Waals surface area contributed by atoms with E-state index in [0.29, 0.717) is 5.75 Å². The van der Waals surface area contributed by atoms with Gasteiger partial charge in [-0.2, -0.15) is 0 Å². The summed E-state index contributed by atoms with van der Waals surface area (Å²) in [4.78, 5) is 25.8. The number of Topliss-reactive ketones (excluding diaryl/α,β-unsaturated/α-hetero) is 1. The minimum atomic E-state index is -1.39. The van der Waals surface area contributed by atoms with Crippen LogP contribution in [0.15, 0.2) is 35.7 Å². The monoisotopic (exact) mass is 262 g/mol. The van der Waals surface area contributed by atoms with Gasteiger partial charge < -0.3 is 14.6 Å². The molecule has 0 radical (unpaired) electrons. The van der Waals surface area contributed by atoms with Crippen molar-refractivity contribution >= 4 is 23.1 Å². The van der Waals surface area contributed by atoms with Gasteiger partial charge in [0, 0.05) is 5.38 Å². The SMILES string of the molecule is O=C([O-])c1csc(C(=O)COc2ccccc2)n1. The molecule has 0 saturated heterocycles. The highest BCUT2D eigenvalue weighted by molar-refractivity contribution is 7.11. The number of nitrogens with zero attached hydrogens (tertiary/aromatic N) is 1. The number of carbonyl (C=O) groups is 2. The molecule has 92 valence electrons. The van der Waals surface area contributed by atoms with Crippen molar-refractivity contribution in [1.82, 2.24) is 4.98 Å². The number of aromatic carboxylic acids is 1. The summed E-state index contributed by atoms with van der Waals surface area (Å²) >= 11 is 0.960. The van der Waals surface area contributed by atoms with Crippen LogP contribution in [-0.2, 0) is 0 Å². The first-order valence-electron chi connectivity index (χ1n) is 5.05. The Morgan fingerprint density at radius 1 is 1.28 bits per heavy atom. The molecule has 18 heavy (non-hydrogen) atoms. The Kier molecular flexibility index (Phi) is 3.69. The Hall–Kier alpha value is -2.21. The predicted molar refractivity (Wildman–Crippen MR) is 62.7 cm³/mol. The quantitative estimate of drug-likeness (QED) is 0.743. The van der Waals surface area contributed by atoms with Crippen molar-refractivity contribution in [2.45, 2.75) is 0 Å². The molecule has 0 aliphatic heterocycles. The molecule has 2 aromatic rings. The minimum absolute atomic E-state index is 0.102. The lowest BCUT2D eigenvalue weighted by Crippen LogP contribution is -2.23. The second-order valence-corrected chi connectivity index (χ2v) is 4.21. The molecule has 0 amide bonds. The summed E-state index contributed by atoms with van der Waals surface area (Å²) in [5.41, 5.74) is -0.233. The first kappa shape index (κ1) is 12.3. The molecule has 1 aromatic heterocycles. The molecule has 0 unspecified atom stereocenters. The summed E-state index contributed by atoms with van der Waals surface area (Å²) in [7, 11) is 0. The van der Waals surface area contributed by atoms with Crippen LogP contribution in [0, 0.1) is 0 Å². The van der Waals surface area contributed by atoms with Gasteiger partial charge in [0.25, 0.3) is 0 Å². The molecule has 0 fully saturated rings. The van der Waals surface area contributed by atoms with Crippen molar-refractivity contribution in [2.75, 3.05) is 6.61 Å². The number of carboxylic acids is 1. The maximum absolute atomic E-state index is 11.7. The number of thiazole rings is 1. The van der Waals surface area contributed by atoms with Crippen LogP contribution in [0.5, 0.6) is 5.75 Å². The second kappa shape index (κ2) is 5.42. The summed E-state index contributed by atoms with van der Waals surface area (Å²) in [6.45, 7) is -0.177. The molecular weight excluding hydrogens is 254 g/mol. The minimum Gasteiger partial charge on any atom is -0.543 e. The highest BCUT2D eigenvalue weighted by atomic mass is 32.1. The van der Waals surface area contributed by atoms with Gasteiger partial charge in [-0.05, 0) is 12.1 Å². The Bertz CT molecular complexity index is 564. The van der Waals surface area contributed by atoms with Crippen molar-refractivity contribution in [1.29, 1.82) is 0 Å². The number of ketones is 1. The van der Waals surface area contributed by atoms with Crippen LogP contribution in [0.25, 0.3) is 0 Å². The molecule has 5 nitrogen and oxygen atoms in total. The predicted octanol–water partition coefficient (Wildman–Crippen LogP) is 0.768. The molecule has 2 rings (SSSR count). The van der Waals surface area contributed by atoms with Gasteiger partial charge in [0.2, 0.25) is 5.78 Å². The number of aromatic nitrogens is 1. The molecule has 0 aliphatic rings. The van der Waals surface area contributed by atoms with Gasteiger partial charge in [-0.1, -0.05) is 18.2 Å². The third-order valence-corrected chi connectivity index (χ3v) is 2.95. The van der Waals surface area contributed by atoms with E-state index in [2.05, 4.69) is 4.98 Å². The van der Waals surface area contributed by atoms with E-state index < -0.39 is 5.97 Å². The highest BCUT2D eigenvalue weighted by Gasteiger charge is 2.12. The first-order chi connectivity index (χ1) is 8.66. The van der Waals surface area contributed by atoms with Gasteiger partial charge in [-0.25, -0.2) is 4.98 Å².